The smallest absolute Gasteiger partial charge is 0.314 e. The Morgan fingerprint density at radius 3 is 2.21 bits per heavy atom. The molecular weight excluding hydrogens is 308 g/mol. The van der Waals surface area contributed by atoms with Crippen LogP contribution < -0.4 is 10.5 Å². The Labute approximate surface area is 140 Å². The third kappa shape index (κ3) is 4.10. The summed E-state index contributed by atoms with van der Waals surface area (Å²) >= 11 is 0. The van der Waals surface area contributed by atoms with Gasteiger partial charge in [-0.1, -0.05) is 12.1 Å². The Kier molecular flexibility index (Phi) is 5.18. The van der Waals surface area contributed by atoms with Gasteiger partial charge in [0.25, 0.3) is 0 Å². The minimum atomic E-state index is -0.750. The van der Waals surface area contributed by atoms with Crippen LogP contribution in [0.25, 0.3) is 11.1 Å². The zero-order valence-corrected chi connectivity index (χ0v) is 13.9. The van der Waals surface area contributed by atoms with E-state index in [2.05, 4.69) is 4.98 Å². The number of esters is 1. The number of aromatic nitrogens is 1. The number of hydrogen-bond acceptors (Lipinski definition) is 5. The predicted molar refractivity (Wildman–Crippen MR) is 89.5 cm³/mol. The number of nitrogens with two attached hydrogens (primary N) is 1. The molecule has 6 nitrogen and oxygen atoms in total. The maximum atomic E-state index is 11.6. The second-order valence-electron chi connectivity index (χ2n) is 5.99. The molecule has 1 aromatic carbocycles. The SMILES string of the molecule is COC(=O)C(C)(C)COc1ccc(-c2ccc(C(N)=O)cc2)cn1. The van der Waals surface area contributed by atoms with Crippen LogP contribution in [0.2, 0.25) is 0 Å². The fourth-order valence-corrected chi connectivity index (χ4v) is 2.05. The summed E-state index contributed by atoms with van der Waals surface area (Å²) in [5.41, 5.74) is 6.72. The Bertz CT molecular complexity index is 722. The van der Waals surface area contributed by atoms with E-state index in [1.807, 2.05) is 6.07 Å². The number of rotatable bonds is 6. The second-order valence-corrected chi connectivity index (χ2v) is 5.99. The summed E-state index contributed by atoms with van der Waals surface area (Å²) in [6.45, 7) is 3.65. The van der Waals surface area contributed by atoms with Crippen molar-refractivity contribution >= 4 is 11.9 Å². The number of nitrogens with zero attached hydrogens (tertiary/aromatic N) is 1. The van der Waals surface area contributed by atoms with Gasteiger partial charge in [-0.3, -0.25) is 9.59 Å². The molecule has 0 atom stereocenters. The summed E-state index contributed by atoms with van der Waals surface area (Å²) in [6, 6.07) is 10.5. The quantitative estimate of drug-likeness (QED) is 0.822. The van der Waals surface area contributed by atoms with Crippen LogP contribution in [0.1, 0.15) is 24.2 Å². The van der Waals surface area contributed by atoms with Gasteiger partial charge in [-0.05, 0) is 37.6 Å². The van der Waals surface area contributed by atoms with Gasteiger partial charge in [-0.25, -0.2) is 4.98 Å². The van der Waals surface area contributed by atoms with Gasteiger partial charge in [0, 0.05) is 23.4 Å². The molecule has 0 saturated carbocycles. The molecule has 6 heteroatoms. The third-order valence-corrected chi connectivity index (χ3v) is 3.56. The number of hydrogen-bond donors (Lipinski definition) is 1. The first-order chi connectivity index (χ1) is 11.3. The van der Waals surface area contributed by atoms with Crippen LogP contribution in [-0.2, 0) is 9.53 Å². The lowest BCUT2D eigenvalue weighted by atomic mass is 9.95. The van der Waals surface area contributed by atoms with Gasteiger partial charge < -0.3 is 15.2 Å². The highest BCUT2D eigenvalue weighted by molar-refractivity contribution is 5.93. The van der Waals surface area contributed by atoms with E-state index in [-0.39, 0.29) is 12.6 Å². The van der Waals surface area contributed by atoms with Crippen molar-refractivity contribution < 1.29 is 19.1 Å². The number of primary amides is 1. The maximum Gasteiger partial charge on any atom is 0.314 e. The van der Waals surface area contributed by atoms with E-state index in [0.717, 1.165) is 11.1 Å². The van der Waals surface area contributed by atoms with Crippen molar-refractivity contribution in [1.82, 2.24) is 4.98 Å². The van der Waals surface area contributed by atoms with Gasteiger partial charge in [0.1, 0.15) is 6.61 Å². The van der Waals surface area contributed by atoms with Gasteiger partial charge in [-0.2, -0.15) is 0 Å². The van der Waals surface area contributed by atoms with Crippen LogP contribution in [-0.4, -0.2) is 30.6 Å². The molecule has 2 rings (SSSR count). The molecule has 0 aliphatic carbocycles. The largest absolute Gasteiger partial charge is 0.476 e. The van der Waals surface area contributed by atoms with Crippen molar-refractivity contribution in [3.05, 3.63) is 48.2 Å². The number of carbonyl (C=O) groups excluding carboxylic acids is 2. The van der Waals surface area contributed by atoms with Crippen molar-refractivity contribution in [2.75, 3.05) is 13.7 Å². The first-order valence-electron chi connectivity index (χ1n) is 7.41. The van der Waals surface area contributed by atoms with Gasteiger partial charge in [0.2, 0.25) is 11.8 Å². The zero-order valence-electron chi connectivity index (χ0n) is 13.9. The topological polar surface area (TPSA) is 91.5 Å². The van der Waals surface area contributed by atoms with E-state index >= 15 is 0 Å². The minimum absolute atomic E-state index is 0.166. The number of pyridine rings is 1. The van der Waals surface area contributed by atoms with Gasteiger partial charge in [0.05, 0.1) is 12.5 Å². The standard InChI is InChI=1S/C18H20N2O4/c1-18(2,17(22)23-3)11-24-15-9-8-14(10-20-15)12-4-6-13(7-5-12)16(19)21/h4-10H,11H2,1-3H3,(H2,19,21). The zero-order chi connectivity index (χ0) is 17.7. The van der Waals surface area contributed by atoms with Crippen LogP contribution in [0.5, 0.6) is 5.88 Å². The molecule has 2 N–H and O–H groups in total. The van der Waals surface area contributed by atoms with Crippen molar-refractivity contribution in [3.63, 3.8) is 0 Å². The predicted octanol–water partition coefficient (Wildman–Crippen LogP) is 2.43. The number of ether oxygens (including phenoxy) is 2. The van der Waals surface area contributed by atoms with Gasteiger partial charge >= 0.3 is 5.97 Å². The monoisotopic (exact) mass is 328 g/mol. The summed E-state index contributed by atoms with van der Waals surface area (Å²) in [5, 5.41) is 0. The Morgan fingerprint density at radius 2 is 1.71 bits per heavy atom. The summed E-state index contributed by atoms with van der Waals surface area (Å²) in [5.74, 6) is -0.380. The highest BCUT2D eigenvalue weighted by Crippen LogP contribution is 2.23. The Balaban J connectivity index is 2.05. The molecule has 0 aliphatic rings. The highest BCUT2D eigenvalue weighted by Gasteiger charge is 2.29. The summed E-state index contributed by atoms with van der Waals surface area (Å²) in [4.78, 5) is 26.9. The number of carbonyl (C=O) groups is 2. The average molecular weight is 328 g/mol. The molecule has 1 amide bonds. The molecule has 126 valence electrons. The number of amides is 1. The Morgan fingerprint density at radius 1 is 1.08 bits per heavy atom. The van der Waals surface area contributed by atoms with Crippen molar-refractivity contribution in [3.8, 4) is 17.0 Å². The van der Waals surface area contributed by atoms with Gasteiger partial charge in [0.15, 0.2) is 0 Å². The lowest BCUT2D eigenvalue weighted by molar-refractivity contribution is -0.152. The summed E-state index contributed by atoms with van der Waals surface area (Å²) in [6.07, 6.45) is 1.67. The molecule has 2 aromatic rings. The average Bonchev–Trinajstić information content (AvgIpc) is 2.59. The van der Waals surface area contributed by atoms with E-state index in [1.54, 1.807) is 50.4 Å². The molecule has 0 unspecified atom stereocenters. The van der Waals surface area contributed by atoms with Crippen LogP contribution in [0.3, 0.4) is 0 Å². The van der Waals surface area contributed by atoms with E-state index in [4.69, 9.17) is 15.2 Å². The molecule has 0 bridgehead atoms. The normalized spacial score (nSPS) is 11.0. The molecule has 0 aliphatic heterocycles. The lowest BCUT2D eigenvalue weighted by Gasteiger charge is -2.21. The van der Waals surface area contributed by atoms with Crippen molar-refractivity contribution in [2.24, 2.45) is 11.1 Å². The first-order valence-corrected chi connectivity index (χ1v) is 7.41. The third-order valence-electron chi connectivity index (χ3n) is 3.56. The summed E-state index contributed by atoms with van der Waals surface area (Å²) < 4.78 is 10.3. The van der Waals surface area contributed by atoms with Crippen LogP contribution >= 0.6 is 0 Å². The maximum absolute atomic E-state index is 11.6. The molecular formula is C18H20N2O4. The fourth-order valence-electron chi connectivity index (χ4n) is 2.05. The van der Waals surface area contributed by atoms with Crippen LogP contribution in [0.4, 0.5) is 0 Å². The molecule has 24 heavy (non-hydrogen) atoms. The molecule has 0 fully saturated rings. The molecule has 0 spiro atoms. The van der Waals surface area contributed by atoms with Crippen LogP contribution in [0.15, 0.2) is 42.6 Å². The first kappa shape index (κ1) is 17.5. The molecule has 0 saturated heterocycles. The highest BCUT2D eigenvalue weighted by atomic mass is 16.5. The summed E-state index contributed by atoms with van der Waals surface area (Å²) in [7, 11) is 1.35. The molecule has 0 radical (unpaired) electrons. The van der Waals surface area contributed by atoms with E-state index in [9.17, 15) is 9.59 Å². The second kappa shape index (κ2) is 7.12. The van der Waals surface area contributed by atoms with Gasteiger partial charge in [-0.15, -0.1) is 0 Å². The van der Waals surface area contributed by atoms with Crippen LogP contribution in [0, 0.1) is 5.41 Å². The van der Waals surface area contributed by atoms with Crippen molar-refractivity contribution in [1.29, 1.82) is 0 Å². The number of methoxy groups -OCH3 is 1. The fraction of sp³-hybridized carbons (Fsp3) is 0.278. The van der Waals surface area contributed by atoms with E-state index < -0.39 is 11.3 Å². The Hall–Kier alpha value is -2.89. The van der Waals surface area contributed by atoms with E-state index in [0.29, 0.717) is 11.4 Å². The molecule has 1 heterocycles. The lowest BCUT2D eigenvalue weighted by Crippen LogP contribution is -2.32. The number of benzene rings is 1. The van der Waals surface area contributed by atoms with Crippen molar-refractivity contribution in [2.45, 2.75) is 13.8 Å². The molecule has 1 aromatic heterocycles. The van der Waals surface area contributed by atoms with E-state index in [1.165, 1.54) is 7.11 Å². The minimum Gasteiger partial charge on any atom is -0.476 e.